The van der Waals surface area contributed by atoms with Gasteiger partial charge in [-0.25, -0.2) is 18.5 Å². The number of hydrogen-bond acceptors (Lipinski definition) is 6. The summed E-state index contributed by atoms with van der Waals surface area (Å²) in [5.41, 5.74) is 0. The highest BCUT2D eigenvalue weighted by atomic mass is 35.5. The Balaban J connectivity index is 1.28. The molecule has 2 saturated carbocycles. The second kappa shape index (κ2) is 7.83. The first-order valence-electron chi connectivity index (χ1n) is 9.58. The number of nitrogens with zero attached hydrogens (tertiary/aromatic N) is 2. The number of ether oxygens (including phenoxy) is 2. The third kappa shape index (κ3) is 4.56. The summed E-state index contributed by atoms with van der Waals surface area (Å²) < 4.78 is 33.9. The molecule has 150 valence electrons. The summed E-state index contributed by atoms with van der Waals surface area (Å²) >= 11 is 6.09. The van der Waals surface area contributed by atoms with Crippen molar-refractivity contribution in [3.8, 4) is 5.88 Å². The van der Waals surface area contributed by atoms with Crippen molar-refractivity contribution in [3.63, 3.8) is 0 Å². The zero-order valence-electron chi connectivity index (χ0n) is 15.2. The number of pyridine rings is 1. The molecule has 4 rings (SSSR count). The van der Waals surface area contributed by atoms with Crippen molar-refractivity contribution in [1.29, 1.82) is 0 Å². The van der Waals surface area contributed by atoms with E-state index in [-0.39, 0.29) is 15.8 Å². The van der Waals surface area contributed by atoms with E-state index >= 15 is 0 Å². The summed E-state index contributed by atoms with van der Waals surface area (Å²) in [4.78, 5) is 6.63. The third-order valence-corrected chi connectivity index (χ3v) is 6.97. The van der Waals surface area contributed by atoms with Crippen molar-refractivity contribution in [2.75, 3.05) is 19.8 Å². The molecule has 2 aliphatic carbocycles. The number of halogens is 1. The normalized spacial score (nSPS) is 26.8. The van der Waals surface area contributed by atoms with Crippen LogP contribution in [0.5, 0.6) is 5.88 Å². The molecule has 27 heavy (non-hydrogen) atoms. The predicted octanol–water partition coefficient (Wildman–Crippen LogP) is 2.18. The molecule has 2 N–H and O–H groups in total. The van der Waals surface area contributed by atoms with E-state index in [1.54, 1.807) is 0 Å². The highest BCUT2D eigenvalue weighted by Crippen LogP contribution is 2.38. The SMILES string of the molecule is NS(=O)(=O)c1cnc(OCC2CCC(N(C3CC3)C3COC3)CC2)c(Cl)c1. The van der Waals surface area contributed by atoms with Gasteiger partial charge in [0.2, 0.25) is 15.9 Å². The first-order valence-corrected chi connectivity index (χ1v) is 11.5. The van der Waals surface area contributed by atoms with Crippen LogP contribution < -0.4 is 9.88 Å². The van der Waals surface area contributed by atoms with Crippen LogP contribution in [-0.2, 0) is 14.8 Å². The second-order valence-corrected chi connectivity index (χ2v) is 9.83. The predicted molar refractivity (Wildman–Crippen MR) is 101 cm³/mol. The Hall–Kier alpha value is -0.930. The summed E-state index contributed by atoms with van der Waals surface area (Å²) in [6.07, 6.45) is 8.46. The molecule has 2 heterocycles. The molecule has 1 aromatic rings. The minimum atomic E-state index is -3.81. The maximum absolute atomic E-state index is 11.3. The lowest BCUT2D eigenvalue weighted by molar-refractivity contribution is -0.0896. The van der Waals surface area contributed by atoms with Gasteiger partial charge in [0.15, 0.2) is 0 Å². The van der Waals surface area contributed by atoms with Crippen LogP contribution in [0.4, 0.5) is 0 Å². The van der Waals surface area contributed by atoms with Gasteiger partial charge < -0.3 is 9.47 Å². The van der Waals surface area contributed by atoms with Gasteiger partial charge in [-0.3, -0.25) is 4.90 Å². The number of hydrogen-bond donors (Lipinski definition) is 1. The van der Waals surface area contributed by atoms with E-state index in [1.807, 2.05) is 0 Å². The number of sulfonamides is 1. The van der Waals surface area contributed by atoms with Gasteiger partial charge in [-0.1, -0.05) is 11.6 Å². The average molecular weight is 416 g/mol. The Bertz CT molecular complexity index is 775. The zero-order valence-corrected chi connectivity index (χ0v) is 16.8. The zero-order chi connectivity index (χ0) is 19.0. The van der Waals surface area contributed by atoms with Gasteiger partial charge >= 0.3 is 0 Å². The van der Waals surface area contributed by atoms with Crippen LogP contribution in [0.1, 0.15) is 38.5 Å². The molecule has 1 aromatic heterocycles. The lowest BCUT2D eigenvalue weighted by atomic mass is 9.85. The van der Waals surface area contributed by atoms with Gasteiger partial charge in [-0.05, 0) is 50.5 Å². The maximum Gasteiger partial charge on any atom is 0.239 e. The van der Waals surface area contributed by atoms with Crippen molar-refractivity contribution in [2.24, 2.45) is 11.1 Å². The molecular formula is C18H26ClN3O4S. The molecule has 0 bridgehead atoms. The van der Waals surface area contributed by atoms with Crippen LogP contribution in [0.25, 0.3) is 0 Å². The number of primary sulfonamides is 1. The van der Waals surface area contributed by atoms with E-state index in [0.717, 1.165) is 32.1 Å². The molecule has 0 amide bonds. The average Bonchev–Trinajstić information content (AvgIpc) is 3.41. The molecule has 1 aliphatic heterocycles. The van der Waals surface area contributed by atoms with E-state index in [1.165, 1.54) is 37.9 Å². The van der Waals surface area contributed by atoms with Gasteiger partial charge in [-0.15, -0.1) is 0 Å². The van der Waals surface area contributed by atoms with Gasteiger partial charge in [-0.2, -0.15) is 0 Å². The largest absolute Gasteiger partial charge is 0.476 e. The summed E-state index contributed by atoms with van der Waals surface area (Å²) in [7, 11) is -3.81. The molecular weight excluding hydrogens is 390 g/mol. The summed E-state index contributed by atoms with van der Waals surface area (Å²) in [5.74, 6) is 0.730. The van der Waals surface area contributed by atoms with Crippen molar-refractivity contribution in [1.82, 2.24) is 9.88 Å². The molecule has 0 aromatic carbocycles. The molecule has 0 radical (unpaired) electrons. The van der Waals surface area contributed by atoms with Crippen LogP contribution in [-0.4, -0.2) is 56.2 Å². The van der Waals surface area contributed by atoms with E-state index in [9.17, 15) is 8.42 Å². The fourth-order valence-corrected chi connectivity index (χ4v) is 4.91. The van der Waals surface area contributed by atoms with E-state index < -0.39 is 10.0 Å². The molecule has 9 heteroatoms. The van der Waals surface area contributed by atoms with Crippen LogP contribution >= 0.6 is 11.6 Å². The summed E-state index contributed by atoms with van der Waals surface area (Å²) in [5, 5.41) is 5.25. The Kier molecular flexibility index (Phi) is 5.62. The molecule has 3 aliphatic rings. The Morgan fingerprint density at radius 1 is 1.15 bits per heavy atom. The molecule has 0 atom stereocenters. The molecule has 0 unspecified atom stereocenters. The minimum absolute atomic E-state index is 0.111. The fraction of sp³-hybridized carbons (Fsp3) is 0.722. The standard InChI is InChI=1S/C18H26ClN3O4S/c19-17-7-16(27(20,23)24)8-21-18(17)26-9-12-1-3-13(4-2-12)22(14-5-6-14)15-10-25-11-15/h7-8,12-15H,1-6,9-11H2,(H2,20,23,24). The Morgan fingerprint density at radius 2 is 1.78 bits per heavy atom. The number of nitrogens with two attached hydrogens (primary N) is 1. The van der Waals surface area contributed by atoms with Gasteiger partial charge in [0.05, 0.1) is 32.1 Å². The molecule has 0 spiro atoms. The van der Waals surface area contributed by atoms with Crippen molar-refractivity contribution < 1.29 is 17.9 Å². The van der Waals surface area contributed by atoms with Crippen molar-refractivity contribution in [3.05, 3.63) is 17.3 Å². The maximum atomic E-state index is 11.3. The van der Waals surface area contributed by atoms with Crippen LogP contribution in [0.15, 0.2) is 17.2 Å². The Labute approximate surface area is 165 Å². The van der Waals surface area contributed by atoms with Crippen LogP contribution in [0.2, 0.25) is 5.02 Å². The van der Waals surface area contributed by atoms with Crippen molar-refractivity contribution >= 4 is 21.6 Å². The lowest BCUT2D eigenvalue weighted by Gasteiger charge is -2.45. The van der Waals surface area contributed by atoms with Crippen molar-refractivity contribution in [2.45, 2.75) is 61.5 Å². The Morgan fingerprint density at radius 3 is 2.26 bits per heavy atom. The third-order valence-electron chi connectivity index (χ3n) is 5.82. The first kappa shape index (κ1) is 19.4. The van der Waals surface area contributed by atoms with E-state index in [2.05, 4.69) is 9.88 Å². The summed E-state index contributed by atoms with van der Waals surface area (Å²) in [6.45, 7) is 2.32. The highest BCUT2D eigenvalue weighted by molar-refractivity contribution is 7.89. The van der Waals surface area contributed by atoms with Gasteiger partial charge in [0.25, 0.3) is 0 Å². The topological polar surface area (TPSA) is 94.8 Å². The number of aromatic nitrogens is 1. The summed E-state index contributed by atoms with van der Waals surface area (Å²) in [6, 6.07) is 3.34. The highest BCUT2D eigenvalue weighted by Gasteiger charge is 2.42. The van der Waals surface area contributed by atoms with E-state index in [0.29, 0.717) is 24.6 Å². The minimum Gasteiger partial charge on any atom is -0.476 e. The molecule has 7 nitrogen and oxygen atoms in total. The van der Waals surface area contributed by atoms with Crippen LogP contribution in [0, 0.1) is 5.92 Å². The monoisotopic (exact) mass is 415 g/mol. The smallest absolute Gasteiger partial charge is 0.239 e. The fourth-order valence-electron chi connectivity index (χ4n) is 4.14. The first-order chi connectivity index (χ1) is 12.9. The number of rotatable bonds is 7. The quantitative estimate of drug-likeness (QED) is 0.733. The van der Waals surface area contributed by atoms with E-state index in [4.69, 9.17) is 26.2 Å². The van der Waals surface area contributed by atoms with Gasteiger partial charge in [0, 0.05) is 12.1 Å². The second-order valence-electron chi connectivity index (χ2n) is 7.86. The van der Waals surface area contributed by atoms with Gasteiger partial charge in [0.1, 0.15) is 9.92 Å². The lowest BCUT2D eigenvalue weighted by Crippen LogP contribution is -2.55. The molecule has 3 fully saturated rings. The van der Waals surface area contributed by atoms with Crippen LogP contribution in [0.3, 0.4) is 0 Å². The molecule has 1 saturated heterocycles.